The van der Waals surface area contributed by atoms with Crippen molar-refractivity contribution in [2.45, 2.75) is 0 Å². The molecule has 0 unspecified atom stereocenters. The molecule has 0 aliphatic rings. The van der Waals surface area contributed by atoms with E-state index in [-0.39, 0.29) is 0 Å². The summed E-state index contributed by atoms with van der Waals surface area (Å²) < 4.78 is 23.3. The Morgan fingerprint density at radius 2 is 0.833 bits per heavy atom. The lowest BCUT2D eigenvalue weighted by molar-refractivity contribution is 0.266. The van der Waals surface area contributed by atoms with Gasteiger partial charge in [-0.1, -0.05) is 60.7 Å². The molecule has 128 valence electrons. The van der Waals surface area contributed by atoms with Crippen LogP contribution in [0.15, 0.2) is 72.1 Å². The van der Waals surface area contributed by atoms with Gasteiger partial charge in [-0.3, -0.25) is 0 Å². The maximum absolute atomic E-state index is 5.83. The summed E-state index contributed by atoms with van der Waals surface area (Å²) in [6, 6.07) is 20.0. The lowest BCUT2D eigenvalue weighted by Gasteiger charge is -2.28. The van der Waals surface area contributed by atoms with Gasteiger partial charge in [-0.25, -0.2) is 0 Å². The molecule has 0 saturated carbocycles. The molecule has 2 aromatic rings. The van der Waals surface area contributed by atoms with E-state index in [0.29, 0.717) is 0 Å². The van der Waals surface area contributed by atoms with Gasteiger partial charge < -0.3 is 17.7 Å². The van der Waals surface area contributed by atoms with Crippen LogP contribution in [0, 0.1) is 0 Å². The van der Waals surface area contributed by atoms with E-state index in [2.05, 4.69) is 0 Å². The van der Waals surface area contributed by atoms with Crippen LogP contribution in [0.3, 0.4) is 0 Å². The predicted molar refractivity (Wildman–Crippen MR) is 101 cm³/mol. The van der Waals surface area contributed by atoms with Crippen molar-refractivity contribution in [1.29, 1.82) is 0 Å². The van der Waals surface area contributed by atoms with Crippen molar-refractivity contribution in [2.75, 3.05) is 28.4 Å². The molecule has 0 aliphatic heterocycles. The van der Waals surface area contributed by atoms with E-state index in [1.165, 1.54) is 0 Å². The van der Waals surface area contributed by atoms with Crippen molar-refractivity contribution in [2.24, 2.45) is 0 Å². The highest BCUT2D eigenvalue weighted by Crippen LogP contribution is 2.14. The van der Waals surface area contributed by atoms with Gasteiger partial charge in [0.1, 0.15) is 0 Å². The second-order valence-electron chi connectivity index (χ2n) is 5.22. The minimum Gasteiger partial charge on any atom is -0.391 e. The third-order valence-electron chi connectivity index (χ3n) is 4.09. The molecule has 2 aromatic carbocycles. The smallest absolute Gasteiger partial charge is 0.391 e. The van der Waals surface area contributed by atoms with Crippen LogP contribution in [0.1, 0.15) is 0 Å². The molecule has 0 heterocycles. The van der Waals surface area contributed by atoms with E-state index < -0.39 is 17.1 Å². The van der Waals surface area contributed by atoms with E-state index >= 15 is 0 Å². The third kappa shape index (κ3) is 3.75. The Kier molecular flexibility index (Phi) is 6.67. The van der Waals surface area contributed by atoms with Crippen LogP contribution in [0.25, 0.3) is 0 Å². The zero-order chi connectivity index (χ0) is 17.5. The summed E-state index contributed by atoms with van der Waals surface area (Å²) >= 11 is 0. The summed E-state index contributed by atoms with van der Waals surface area (Å²) in [5.74, 6) is 0. The van der Waals surface area contributed by atoms with E-state index in [0.717, 1.165) is 10.4 Å². The summed E-state index contributed by atoms with van der Waals surface area (Å²) in [4.78, 5) is 0. The highest BCUT2D eigenvalue weighted by Gasteiger charge is 2.40. The minimum absolute atomic E-state index is 1.04. The van der Waals surface area contributed by atoms with E-state index in [1.54, 1.807) is 28.4 Å². The van der Waals surface area contributed by atoms with Gasteiger partial charge >= 0.3 is 17.1 Å². The number of hydrogen-bond donors (Lipinski definition) is 0. The van der Waals surface area contributed by atoms with Crippen molar-refractivity contribution < 1.29 is 17.7 Å². The molecule has 0 saturated heterocycles. The predicted octanol–water partition coefficient (Wildman–Crippen LogP) is 1.91. The third-order valence-corrected chi connectivity index (χ3v) is 10.3. The molecule has 0 spiro atoms. The summed E-state index contributed by atoms with van der Waals surface area (Å²) in [5, 5.41) is 2.07. The first-order chi connectivity index (χ1) is 11.7. The van der Waals surface area contributed by atoms with Gasteiger partial charge in [0.15, 0.2) is 0 Å². The topological polar surface area (TPSA) is 36.9 Å². The standard InChI is InChI=1S/C18H24O4Si2/c1-19-23(20-2,17-11-7-5-8-12-17)15-16-24(21-3,22-4)18-13-9-6-10-14-18/h5-16H,1-4H3. The van der Waals surface area contributed by atoms with E-state index in [9.17, 15) is 0 Å². The maximum atomic E-state index is 5.83. The first kappa shape index (κ1) is 18.8. The molecule has 4 nitrogen and oxygen atoms in total. The second-order valence-corrected chi connectivity index (χ2v) is 11.3. The number of rotatable bonds is 8. The molecule has 0 aromatic heterocycles. The van der Waals surface area contributed by atoms with Crippen molar-refractivity contribution in [3.8, 4) is 0 Å². The Labute approximate surface area is 146 Å². The molecule has 6 heteroatoms. The number of benzene rings is 2. The van der Waals surface area contributed by atoms with Gasteiger partial charge in [-0.05, 0) is 21.8 Å². The molecule has 0 N–H and O–H groups in total. The molecule has 2 rings (SSSR count). The van der Waals surface area contributed by atoms with Gasteiger partial charge in [0, 0.05) is 28.4 Å². The SMILES string of the molecule is CO[Si](C=C[Si](OC)(OC)c1ccccc1)(OC)c1ccccc1. The zero-order valence-corrected chi connectivity index (χ0v) is 16.6. The van der Waals surface area contributed by atoms with Crippen molar-refractivity contribution >= 4 is 27.5 Å². The van der Waals surface area contributed by atoms with Crippen LogP contribution < -0.4 is 10.4 Å². The lowest BCUT2D eigenvalue weighted by atomic mass is 10.4. The van der Waals surface area contributed by atoms with Gasteiger partial charge in [-0.15, -0.1) is 0 Å². The fourth-order valence-corrected chi connectivity index (χ4v) is 7.94. The average Bonchev–Trinajstić information content (AvgIpc) is 2.68. The Morgan fingerprint density at radius 3 is 1.08 bits per heavy atom. The zero-order valence-electron chi connectivity index (χ0n) is 14.6. The molecule has 0 amide bonds. The van der Waals surface area contributed by atoms with Crippen LogP contribution in [-0.2, 0) is 17.7 Å². The quantitative estimate of drug-likeness (QED) is 0.674. The van der Waals surface area contributed by atoms with E-state index in [4.69, 9.17) is 17.7 Å². The van der Waals surface area contributed by atoms with Crippen LogP contribution in [0.2, 0.25) is 0 Å². The van der Waals surface area contributed by atoms with Crippen LogP contribution in [-0.4, -0.2) is 45.6 Å². The highest BCUT2D eigenvalue weighted by atomic mass is 28.4. The van der Waals surface area contributed by atoms with Crippen molar-refractivity contribution in [3.63, 3.8) is 0 Å². The molecule has 0 radical (unpaired) electrons. The minimum atomic E-state index is -2.70. The monoisotopic (exact) mass is 360 g/mol. The summed E-state index contributed by atoms with van der Waals surface area (Å²) in [6.07, 6.45) is 0. The van der Waals surface area contributed by atoms with Crippen LogP contribution in [0.5, 0.6) is 0 Å². The van der Waals surface area contributed by atoms with Gasteiger partial charge in [0.2, 0.25) is 0 Å². The lowest BCUT2D eigenvalue weighted by Crippen LogP contribution is -2.55. The van der Waals surface area contributed by atoms with Crippen LogP contribution >= 0.6 is 0 Å². The molecule has 0 fully saturated rings. The molecular formula is C18H24O4Si2. The summed E-state index contributed by atoms with van der Waals surface area (Å²) in [5.41, 5.74) is 4.02. The van der Waals surface area contributed by atoms with Gasteiger partial charge in [0.25, 0.3) is 0 Å². The Morgan fingerprint density at radius 1 is 0.542 bits per heavy atom. The molecule has 24 heavy (non-hydrogen) atoms. The first-order valence-corrected chi connectivity index (χ1v) is 11.5. The fraction of sp³-hybridized carbons (Fsp3) is 0.222. The fourth-order valence-electron chi connectivity index (χ4n) is 2.66. The van der Waals surface area contributed by atoms with E-state index in [1.807, 2.05) is 72.1 Å². The highest BCUT2D eigenvalue weighted by molar-refractivity contribution is 6.90. The average molecular weight is 361 g/mol. The first-order valence-electron chi connectivity index (χ1n) is 7.68. The number of hydrogen-bond acceptors (Lipinski definition) is 4. The summed E-state index contributed by atoms with van der Waals surface area (Å²) in [6.45, 7) is 0. The van der Waals surface area contributed by atoms with Crippen molar-refractivity contribution in [1.82, 2.24) is 0 Å². The van der Waals surface area contributed by atoms with Crippen molar-refractivity contribution in [3.05, 3.63) is 72.1 Å². The Balaban J connectivity index is 2.46. The van der Waals surface area contributed by atoms with Crippen LogP contribution in [0.4, 0.5) is 0 Å². The molecule has 0 aliphatic carbocycles. The normalized spacial score (nSPS) is 12.7. The second kappa shape index (κ2) is 8.52. The molecule has 0 bridgehead atoms. The van der Waals surface area contributed by atoms with Gasteiger partial charge in [0.05, 0.1) is 0 Å². The van der Waals surface area contributed by atoms with Gasteiger partial charge in [-0.2, -0.15) is 0 Å². The molecular weight excluding hydrogens is 336 g/mol. The largest absolute Gasteiger partial charge is 0.398 e. The summed E-state index contributed by atoms with van der Waals surface area (Å²) in [7, 11) is 1.31. The Hall–Kier alpha value is -1.55. The molecule has 0 atom stereocenters. The maximum Gasteiger partial charge on any atom is 0.398 e. The Bertz CT molecular complexity index is 581.